The number of fused-ring (bicyclic) bond motifs is 1. The van der Waals surface area contributed by atoms with E-state index >= 15 is 0 Å². The third-order valence-corrected chi connectivity index (χ3v) is 12.1. The third-order valence-electron chi connectivity index (χ3n) is 12.1. The van der Waals surface area contributed by atoms with Crippen LogP contribution >= 0.6 is 0 Å². The maximum atomic E-state index is 13.0. The minimum absolute atomic E-state index is 0.0832. The van der Waals surface area contributed by atoms with Gasteiger partial charge in [0.25, 0.3) is 0 Å². The van der Waals surface area contributed by atoms with Crippen LogP contribution in [0.25, 0.3) is 11.2 Å². The van der Waals surface area contributed by atoms with Gasteiger partial charge in [0.15, 0.2) is 23.0 Å². The van der Waals surface area contributed by atoms with E-state index in [1.807, 2.05) is 170 Å². The average molecular weight is 812 g/mol. The Morgan fingerprint density at radius 2 is 1.05 bits per heavy atom. The number of nitrogen functional groups attached to an aromatic ring is 1. The molecule has 11 nitrogen and oxygen atoms in total. The lowest BCUT2D eigenvalue weighted by Gasteiger charge is -2.51. The van der Waals surface area contributed by atoms with Crippen molar-refractivity contribution < 1.29 is 29.5 Å². The zero-order chi connectivity index (χ0) is 42.2. The van der Waals surface area contributed by atoms with Gasteiger partial charge in [-0.1, -0.05) is 146 Å². The fraction of sp³-hybridized carbons (Fsp3) is 0.180. The second-order valence-corrected chi connectivity index (χ2v) is 15.1. The van der Waals surface area contributed by atoms with E-state index in [4.69, 9.17) is 34.9 Å². The van der Waals surface area contributed by atoms with E-state index in [2.05, 4.69) is 0 Å². The molecule has 1 aliphatic rings. The summed E-state index contributed by atoms with van der Waals surface area (Å²) in [5.74, 6) is 1.69. The van der Waals surface area contributed by atoms with Crippen molar-refractivity contribution >= 4 is 17.0 Å². The van der Waals surface area contributed by atoms with Gasteiger partial charge in [-0.25, -0.2) is 15.0 Å². The second kappa shape index (κ2) is 15.9. The molecular formula is C50H45N5O6. The van der Waals surface area contributed by atoms with Gasteiger partial charge in [0, 0.05) is 0 Å². The van der Waals surface area contributed by atoms with Crippen LogP contribution in [0.1, 0.15) is 39.2 Å². The number of methoxy groups -OCH3 is 2. The molecule has 3 heterocycles. The average Bonchev–Trinajstić information content (AvgIpc) is 3.87. The maximum Gasteiger partial charge on any atom is 0.194 e. The quantitative estimate of drug-likeness (QED) is 0.0991. The van der Waals surface area contributed by atoms with Crippen LogP contribution in [0, 0.1) is 0 Å². The zero-order valence-electron chi connectivity index (χ0n) is 33.6. The van der Waals surface area contributed by atoms with Gasteiger partial charge >= 0.3 is 0 Å². The highest BCUT2D eigenvalue weighted by Gasteiger charge is 2.68. The number of hydrogen-bond donors (Lipinski definition) is 4. The molecule has 306 valence electrons. The van der Waals surface area contributed by atoms with Crippen LogP contribution in [0.5, 0.6) is 11.5 Å². The molecule has 2 aromatic heterocycles. The van der Waals surface area contributed by atoms with Crippen LogP contribution in [0.2, 0.25) is 0 Å². The first-order valence-corrected chi connectivity index (χ1v) is 20.0. The highest BCUT2D eigenvalue weighted by Crippen LogP contribution is 2.58. The number of hydrogen-bond acceptors (Lipinski definition) is 10. The van der Waals surface area contributed by atoms with Gasteiger partial charge in [-0.3, -0.25) is 4.57 Å². The molecule has 61 heavy (non-hydrogen) atoms. The molecule has 6 aromatic carbocycles. The van der Waals surface area contributed by atoms with Crippen LogP contribution in [0.4, 0.5) is 5.82 Å². The maximum absolute atomic E-state index is 13.0. The number of aliphatic hydroxyl groups excluding tert-OH is 3. The number of nitrogens with zero attached hydrogens (tertiary/aromatic N) is 4. The third kappa shape index (κ3) is 6.00. The molecule has 11 heteroatoms. The topological polar surface area (TPSA) is 158 Å². The van der Waals surface area contributed by atoms with Crippen LogP contribution in [0.15, 0.2) is 176 Å². The summed E-state index contributed by atoms with van der Waals surface area (Å²) in [6.45, 7) is -0.597. The lowest BCUT2D eigenvalue weighted by atomic mass is 9.60. The van der Waals surface area contributed by atoms with E-state index in [9.17, 15) is 15.3 Å². The summed E-state index contributed by atoms with van der Waals surface area (Å²) in [7, 11) is 3.22. The van der Waals surface area contributed by atoms with Gasteiger partial charge in [0.1, 0.15) is 40.7 Å². The predicted octanol–water partition coefficient (Wildman–Crippen LogP) is 6.61. The first kappa shape index (κ1) is 39.6. The molecule has 9 rings (SSSR count). The molecule has 0 spiro atoms. The van der Waals surface area contributed by atoms with E-state index in [0.717, 1.165) is 16.7 Å². The van der Waals surface area contributed by atoms with Crippen LogP contribution in [-0.4, -0.2) is 74.0 Å². The fourth-order valence-corrected chi connectivity index (χ4v) is 9.42. The molecule has 5 N–H and O–H groups in total. The highest BCUT2D eigenvalue weighted by molar-refractivity contribution is 5.83. The molecule has 4 atom stereocenters. The van der Waals surface area contributed by atoms with Gasteiger partial charge in [0.2, 0.25) is 0 Å². The number of benzene rings is 6. The van der Waals surface area contributed by atoms with Crippen molar-refractivity contribution in [1.29, 1.82) is 0 Å². The van der Waals surface area contributed by atoms with Crippen molar-refractivity contribution in [2.24, 2.45) is 0 Å². The van der Waals surface area contributed by atoms with Crippen molar-refractivity contribution in [3.05, 3.63) is 215 Å². The second-order valence-electron chi connectivity index (χ2n) is 15.1. The minimum atomic E-state index is -2.01. The van der Waals surface area contributed by atoms with Crippen LogP contribution in [0.3, 0.4) is 0 Å². The molecular weight excluding hydrogens is 767 g/mol. The van der Waals surface area contributed by atoms with Crippen molar-refractivity contribution in [2.45, 2.75) is 34.9 Å². The first-order chi connectivity index (χ1) is 29.8. The van der Waals surface area contributed by atoms with Crippen LogP contribution in [-0.2, 0) is 21.3 Å². The predicted molar refractivity (Wildman–Crippen MR) is 232 cm³/mol. The summed E-state index contributed by atoms with van der Waals surface area (Å²) in [5, 5.41) is 35.9. The molecule has 0 unspecified atom stereocenters. The Hall–Kier alpha value is -6.89. The van der Waals surface area contributed by atoms with E-state index in [1.54, 1.807) is 18.8 Å². The Labute approximate surface area is 353 Å². The summed E-state index contributed by atoms with van der Waals surface area (Å²) in [6, 6.07) is 54.6. The summed E-state index contributed by atoms with van der Waals surface area (Å²) in [5.41, 5.74) is 7.50. The summed E-state index contributed by atoms with van der Waals surface area (Å²) in [4.78, 5) is 15.4. The SMILES string of the molecule is COc1ccc(C(c2ccccc2)(c2ccccc2)c2nc(N)c3ncn([C@]4(C(c5ccccc5)(c5ccccc5)c5ccc(OC)cc5)O[C@H](CO)[C@@H](O)[C@H]4O)c3n2)cc1. The Bertz CT molecular complexity index is 2660. The monoisotopic (exact) mass is 811 g/mol. The Morgan fingerprint density at radius 3 is 1.49 bits per heavy atom. The standard InChI is InChI=1S/C50H45N5O6/c1-59-39-27-23-35(24-28-39)48(33-15-7-3-8-16-33,34-17-9-4-10-18-34)47-53-45(51)42-46(54-47)55(32-52-42)50(44(58)43(57)41(31-56)61-50)49(36-19-11-5-12-20-36,37-21-13-6-14-22-37)38-25-29-40(60-2)30-26-38/h3-30,32,41,43-44,56-58H,31H2,1-2H3,(H2,51,53,54)/t41-,43-,44-,50+/m1/s1. The van der Waals surface area contributed by atoms with E-state index < -0.39 is 41.5 Å². The summed E-state index contributed by atoms with van der Waals surface area (Å²) in [6.07, 6.45) is -2.96. The molecule has 0 saturated carbocycles. The van der Waals surface area contributed by atoms with Crippen LogP contribution < -0.4 is 15.2 Å². The number of nitrogens with two attached hydrogens (primary N) is 1. The normalized spacial score (nSPS) is 19.2. The van der Waals surface area contributed by atoms with E-state index in [0.29, 0.717) is 34.0 Å². The molecule has 0 aliphatic carbocycles. The number of anilines is 1. The van der Waals surface area contributed by atoms with Gasteiger partial charge in [-0.05, 0) is 57.6 Å². The number of imidazole rings is 1. The molecule has 8 aromatic rings. The summed E-state index contributed by atoms with van der Waals surface area (Å²) < 4.78 is 20.0. The zero-order valence-corrected chi connectivity index (χ0v) is 33.6. The Balaban J connectivity index is 1.45. The van der Waals surface area contributed by atoms with Gasteiger partial charge < -0.3 is 35.3 Å². The van der Waals surface area contributed by atoms with Gasteiger partial charge in [-0.2, -0.15) is 0 Å². The minimum Gasteiger partial charge on any atom is -0.497 e. The molecule has 1 fully saturated rings. The fourth-order valence-electron chi connectivity index (χ4n) is 9.42. The van der Waals surface area contributed by atoms with E-state index in [-0.39, 0.29) is 17.0 Å². The Kier molecular flexibility index (Phi) is 10.3. The van der Waals surface area contributed by atoms with Crippen molar-refractivity contribution in [1.82, 2.24) is 19.5 Å². The molecule has 0 radical (unpaired) electrons. The Morgan fingerprint density at radius 1 is 0.623 bits per heavy atom. The molecule has 1 aliphatic heterocycles. The van der Waals surface area contributed by atoms with Crippen molar-refractivity contribution in [2.75, 3.05) is 26.6 Å². The number of ether oxygens (including phenoxy) is 3. The largest absolute Gasteiger partial charge is 0.497 e. The number of rotatable bonds is 12. The first-order valence-electron chi connectivity index (χ1n) is 20.0. The molecule has 1 saturated heterocycles. The highest BCUT2D eigenvalue weighted by atomic mass is 16.6. The smallest absolute Gasteiger partial charge is 0.194 e. The number of aromatic nitrogens is 4. The lowest BCUT2D eigenvalue weighted by Crippen LogP contribution is -2.61. The summed E-state index contributed by atoms with van der Waals surface area (Å²) >= 11 is 0. The van der Waals surface area contributed by atoms with Crippen molar-refractivity contribution in [3.8, 4) is 11.5 Å². The number of aliphatic hydroxyl groups is 3. The van der Waals surface area contributed by atoms with Gasteiger partial charge in [0.05, 0.1) is 32.6 Å². The van der Waals surface area contributed by atoms with Gasteiger partial charge in [-0.15, -0.1) is 0 Å². The molecule has 0 amide bonds. The lowest BCUT2D eigenvalue weighted by molar-refractivity contribution is -0.175. The van der Waals surface area contributed by atoms with E-state index in [1.165, 1.54) is 6.33 Å². The van der Waals surface area contributed by atoms with Crippen molar-refractivity contribution in [3.63, 3.8) is 0 Å². The molecule has 0 bridgehead atoms.